The third-order valence-electron chi connectivity index (χ3n) is 3.95. The first-order chi connectivity index (χ1) is 13.8. The van der Waals surface area contributed by atoms with Gasteiger partial charge in [0.2, 0.25) is 5.13 Å². The van der Waals surface area contributed by atoms with Crippen molar-refractivity contribution >= 4 is 26.7 Å². The predicted octanol–water partition coefficient (Wildman–Crippen LogP) is 3.36. The van der Waals surface area contributed by atoms with Gasteiger partial charge in [-0.25, -0.2) is 26.6 Å². The van der Waals surface area contributed by atoms with E-state index in [0.29, 0.717) is 22.8 Å². The fraction of sp³-hybridized carbons (Fsp3) is 0.176. The molecule has 0 saturated carbocycles. The molecule has 0 aliphatic carbocycles. The zero-order valence-electron chi connectivity index (χ0n) is 15.1. The Morgan fingerprint density at radius 2 is 1.86 bits per heavy atom. The number of halogens is 3. The molecule has 0 unspecified atom stereocenters. The zero-order chi connectivity index (χ0) is 21.2. The highest BCUT2D eigenvalue weighted by Crippen LogP contribution is 2.31. The summed E-state index contributed by atoms with van der Waals surface area (Å²) in [5, 5.41) is -0.146. The fourth-order valence-corrected chi connectivity index (χ4v) is 4.34. The van der Waals surface area contributed by atoms with Crippen LogP contribution in [0.15, 0.2) is 35.5 Å². The topological polar surface area (TPSA) is 90.4 Å². The molecule has 1 aromatic heterocycles. The van der Waals surface area contributed by atoms with Crippen molar-refractivity contribution in [3.05, 3.63) is 59.2 Å². The van der Waals surface area contributed by atoms with Gasteiger partial charge < -0.3 is 9.47 Å². The number of aromatic nitrogens is 2. The average Bonchev–Trinajstić information content (AvgIpc) is 3.20. The minimum Gasteiger partial charge on any atom is -0.497 e. The molecule has 0 spiro atoms. The maximum atomic E-state index is 15.0. The van der Waals surface area contributed by atoms with E-state index in [0.717, 1.165) is 6.33 Å². The smallest absolute Gasteiger partial charge is 0.266 e. The normalized spacial score (nSPS) is 11.3. The number of anilines is 1. The fourth-order valence-electron chi connectivity index (χ4n) is 2.56. The predicted molar refractivity (Wildman–Crippen MR) is 99.4 cm³/mol. The van der Waals surface area contributed by atoms with E-state index in [1.165, 1.54) is 32.4 Å². The molecule has 0 aliphatic heterocycles. The molecule has 29 heavy (non-hydrogen) atoms. The second-order valence-electron chi connectivity index (χ2n) is 5.67. The van der Waals surface area contributed by atoms with Crippen LogP contribution in [0.1, 0.15) is 11.1 Å². The lowest BCUT2D eigenvalue weighted by Gasteiger charge is -2.14. The summed E-state index contributed by atoms with van der Waals surface area (Å²) in [6, 6.07) is 4.78. The van der Waals surface area contributed by atoms with Gasteiger partial charge in [0.05, 0.1) is 14.2 Å². The first kappa shape index (κ1) is 20.9. The van der Waals surface area contributed by atoms with Gasteiger partial charge >= 0.3 is 0 Å². The van der Waals surface area contributed by atoms with E-state index in [1.54, 1.807) is 0 Å². The van der Waals surface area contributed by atoms with Crippen molar-refractivity contribution in [3.63, 3.8) is 0 Å². The number of hydrogen-bond donors (Lipinski definition) is 1. The van der Waals surface area contributed by atoms with E-state index in [-0.39, 0.29) is 16.9 Å². The van der Waals surface area contributed by atoms with Crippen molar-refractivity contribution in [3.8, 4) is 11.5 Å². The Morgan fingerprint density at radius 3 is 2.48 bits per heavy atom. The van der Waals surface area contributed by atoms with E-state index in [1.807, 2.05) is 4.72 Å². The van der Waals surface area contributed by atoms with Crippen LogP contribution in [0.4, 0.5) is 18.3 Å². The number of nitrogens with one attached hydrogen (secondary N) is 1. The second kappa shape index (κ2) is 8.25. The van der Waals surface area contributed by atoms with Crippen molar-refractivity contribution in [1.82, 2.24) is 9.36 Å². The third-order valence-corrected chi connectivity index (χ3v) is 6.00. The number of nitrogens with zero attached hydrogens (tertiary/aromatic N) is 2. The van der Waals surface area contributed by atoms with Crippen LogP contribution in [-0.4, -0.2) is 32.0 Å². The number of methoxy groups -OCH3 is 2. The molecule has 3 aromatic rings. The van der Waals surface area contributed by atoms with Crippen LogP contribution in [-0.2, 0) is 16.4 Å². The van der Waals surface area contributed by atoms with Gasteiger partial charge in [0.1, 0.15) is 28.5 Å². The van der Waals surface area contributed by atoms with Gasteiger partial charge in [-0.1, -0.05) is 6.07 Å². The Hall–Kier alpha value is -2.86. The second-order valence-corrected chi connectivity index (χ2v) is 8.10. The van der Waals surface area contributed by atoms with Gasteiger partial charge in [0.25, 0.3) is 10.0 Å². The number of hydrogen-bond acceptors (Lipinski definition) is 7. The molecule has 3 rings (SSSR count). The minimum atomic E-state index is -4.57. The van der Waals surface area contributed by atoms with E-state index in [4.69, 9.17) is 9.47 Å². The molecule has 0 radical (unpaired) electrons. The molecule has 154 valence electrons. The Bertz CT molecular complexity index is 1140. The van der Waals surface area contributed by atoms with Crippen LogP contribution in [0.3, 0.4) is 0 Å². The highest BCUT2D eigenvalue weighted by Gasteiger charge is 2.28. The summed E-state index contributed by atoms with van der Waals surface area (Å²) in [4.78, 5) is 2.58. The number of sulfonamides is 1. The molecule has 1 heterocycles. The Labute approximate surface area is 168 Å². The summed E-state index contributed by atoms with van der Waals surface area (Å²) in [6.07, 6.45) is 0.634. The van der Waals surface area contributed by atoms with Gasteiger partial charge in [-0.3, -0.25) is 4.72 Å². The Kier molecular flexibility index (Phi) is 5.94. The lowest BCUT2D eigenvalue weighted by atomic mass is 10.0. The zero-order valence-corrected chi connectivity index (χ0v) is 16.7. The highest BCUT2D eigenvalue weighted by molar-refractivity contribution is 7.93. The molecule has 7 nitrogen and oxygen atoms in total. The molecular formula is C17H14F3N3O4S2. The van der Waals surface area contributed by atoms with Crippen molar-refractivity contribution in [1.29, 1.82) is 0 Å². The molecule has 12 heteroatoms. The summed E-state index contributed by atoms with van der Waals surface area (Å²) in [5.41, 5.74) is -0.455. The highest BCUT2D eigenvalue weighted by atomic mass is 32.2. The maximum absolute atomic E-state index is 15.0. The quantitative estimate of drug-likeness (QED) is 0.561. The van der Waals surface area contributed by atoms with E-state index < -0.39 is 44.4 Å². The van der Waals surface area contributed by atoms with Crippen LogP contribution in [0, 0.1) is 17.5 Å². The molecule has 1 N–H and O–H groups in total. The molecule has 0 bridgehead atoms. The molecule has 0 fully saturated rings. The van der Waals surface area contributed by atoms with E-state index in [2.05, 4.69) is 9.36 Å². The lowest BCUT2D eigenvalue weighted by molar-refractivity contribution is 0.391. The van der Waals surface area contributed by atoms with Crippen molar-refractivity contribution < 1.29 is 31.1 Å². The van der Waals surface area contributed by atoms with Crippen molar-refractivity contribution in [2.75, 3.05) is 18.9 Å². The monoisotopic (exact) mass is 445 g/mol. The molecular weight excluding hydrogens is 431 g/mol. The minimum absolute atomic E-state index is 0.146. The van der Waals surface area contributed by atoms with Gasteiger partial charge in [-0.05, 0) is 11.6 Å². The van der Waals surface area contributed by atoms with Gasteiger partial charge in [0, 0.05) is 35.6 Å². The molecule has 0 amide bonds. The summed E-state index contributed by atoms with van der Waals surface area (Å²) in [6.45, 7) is 0. The van der Waals surface area contributed by atoms with Crippen LogP contribution < -0.4 is 14.2 Å². The summed E-state index contributed by atoms with van der Waals surface area (Å²) in [5.74, 6) is -3.74. The largest absolute Gasteiger partial charge is 0.497 e. The molecule has 0 atom stereocenters. The molecule has 0 aliphatic rings. The van der Waals surface area contributed by atoms with E-state index >= 15 is 0 Å². The molecule has 0 saturated heterocycles. The summed E-state index contributed by atoms with van der Waals surface area (Å²) in [7, 11) is -1.79. The van der Waals surface area contributed by atoms with Crippen LogP contribution in [0.2, 0.25) is 0 Å². The van der Waals surface area contributed by atoms with Crippen LogP contribution in [0.25, 0.3) is 0 Å². The maximum Gasteiger partial charge on any atom is 0.266 e. The first-order valence-electron chi connectivity index (χ1n) is 7.93. The average molecular weight is 445 g/mol. The summed E-state index contributed by atoms with van der Waals surface area (Å²) >= 11 is 0.703. The number of benzene rings is 2. The van der Waals surface area contributed by atoms with Crippen LogP contribution >= 0.6 is 11.5 Å². The lowest BCUT2D eigenvalue weighted by Crippen LogP contribution is -2.17. The Balaban J connectivity index is 2.07. The van der Waals surface area contributed by atoms with Crippen molar-refractivity contribution in [2.45, 2.75) is 11.3 Å². The Morgan fingerprint density at radius 1 is 1.10 bits per heavy atom. The SMILES string of the molecule is COc1ccc(Cc2c(F)c(F)cc(S(=O)(=O)Nc3ncns3)c2F)c(OC)c1. The van der Waals surface area contributed by atoms with Crippen molar-refractivity contribution in [2.24, 2.45) is 0 Å². The van der Waals surface area contributed by atoms with Gasteiger partial charge in [0.15, 0.2) is 11.6 Å². The first-order valence-corrected chi connectivity index (χ1v) is 10.2. The third kappa shape index (κ3) is 4.27. The van der Waals surface area contributed by atoms with Crippen LogP contribution in [0.5, 0.6) is 11.5 Å². The van der Waals surface area contributed by atoms with Gasteiger partial charge in [-0.15, -0.1) is 0 Å². The number of ether oxygens (including phenoxy) is 2. The summed E-state index contributed by atoms with van der Waals surface area (Å²) < 4.78 is 84.2. The van der Waals surface area contributed by atoms with E-state index in [9.17, 15) is 21.6 Å². The number of rotatable bonds is 7. The van der Waals surface area contributed by atoms with Gasteiger partial charge in [-0.2, -0.15) is 4.37 Å². The standard InChI is InChI=1S/C17H14F3N3O4S2/c1-26-10-4-3-9(13(6-10)27-2)5-11-15(19)12(18)7-14(16(11)20)29(24,25)23-17-21-8-22-28-17/h3-4,6-8H,5H2,1-2H3,(H,21,22,23). The molecule has 2 aromatic carbocycles.